The van der Waals surface area contributed by atoms with Gasteiger partial charge in [0.05, 0.1) is 24.1 Å². The van der Waals surface area contributed by atoms with Gasteiger partial charge in [0, 0.05) is 14.2 Å². The van der Waals surface area contributed by atoms with Gasteiger partial charge in [0.2, 0.25) is 0 Å². The molecule has 0 saturated heterocycles. The Morgan fingerprint density at radius 3 is 2.10 bits per heavy atom. The molecule has 1 rings (SSSR count). The first-order chi connectivity index (χ1) is 10.2. The predicted octanol–water partition coefficient (Wildman–Crippen LogP) is 2.62. The van der Waals surface area contributed by atoms with Gasteiger partial charge in [-0.25, -0.2) is 0 Å². The summed E-state index contributed by atoms with van der Waals surface area (Å²) in [6.45, 7) is 3.56. The second kappa shape index (κ2) is 9.76. The number of alkyl halides is 1. The van der Waals surface area contributed by atoms with E-state index in [1.807, 2.05) is 13.0 Å². The highest BCUT2D eigenvalue weighted by atomic mass is 79.9. The van der Waals surface area contributed by atoms with Crippen LogP contribution in [0, 0.1) is 6.92 Å². The molecule has 1 aromatic carbocycles. The average Bonchev–Trinajstić information content (AvgIpc) is 2.49. The number of methoxy groups -OCH3 is 2. The smallest absolute Gasteiger partial charge is 0.177 e. The minimum atomic E-state index is -0.0565. The van der Waals surface area contributed by atoms with Crippen LogP contribution in [-0.2, 0) is 9.47 Å². The fourth-order valence-corrected chi connectivity index (χ4v) is 2.03. The first-order valence-electron chi connectivity index (χ1n) is 6.62. The highest BCUT2D eigenvalue weighted by Crippen LogP contribution is 2.35. The number of carbonyl (C=O) groups excluding carboxylic acids is 1. The third kappa shape index (κ3) is 5.30. The first-order valence-corrected chi connectivity index (χ1v) is 7.74. The molecule has 0 atom stereocenters. The van der Waals surface area contributed by atoms with Crippen molar-refractivity contribution in [2.75, 3.05) is 46.0 Å². The van der Waals surface area contributed by atoms with Gasteiger partial charge in [0.15, 0.2) is 17.3 Å². The van der Waals surface area contributed by atoms with Crippen LogP contribution in [0.4, 0.5) is 0 Å². The van der Waals surface area contributed by atoms with Crippen LogP contribution in [-0.4, -0.2) is 51.8 Å². The van der Waals surface area contributed by atoms with Crippen LogP contribution in [0.3, 0.4) is 0 Å². The fraction of sp³-hybridized carbons (Fsp3) is 0.533. The van der Waals surface area contributed by atoms with Crippen molar-refractivity contribution in [2.24, 2.45) is 0 Å². The maximum absolute atomic E-state index is 12.0. The molecule has 21 heavy (non-hydrogen) atoms. The van der Waals surface area contributed by atoms with Crippen molar-refractivity contribution in [1.29, 1.82) is 0 Å². The molecule has 0 saturated carbocycles. The molecule has 0 spiro atoms. The number of Topliss-reactive ketones (excluding diaryl/α,β-unsaturated/α-hetero) is 1. The van der Waals surface area contributed by atoms with E-state index in [4.69, 9.17) is 18.9 Å². The zero-order valence-electron chi connectivity index (χ0n) is 12.6. The summed E-state index contributed by atoms with van der Waals surface area (Å²) in [4.78, 5) is 12.0. The van der Waals surface area contributed by atoms with Crippen LogP contribution >= 0.6 is 15.9 Å². The number of carbonyl (C=O) groups is 1. The number of benzene rings is 1. The molecule has 0 aromatic heterocycles. The third-order valence-corrected chi connectivity index (χ3v) is 3.31. The van der Waals surface area contributed by atoms with E-state index in [-0.39, 0.29) is 11.1 Å². The zero-order chi connectivity index (χ0) is 15.7. The second-order valence-electron chi connectivity index (χ2n) is 4.33. The van der Waals surface area contributed by atoms with Gasteiger partial charge in [-0.1, -0.05) is 22.0 Å². The van der Waals surface area contributed by atoms with Crippen LogP contribution in [0.2, 0.25) is 0 Å². The highest BCUT2D eigenvalue weighted by molar-refractivity contribution is 9.09. The van der Waals surface area contributed by atoms with Gasteiger partial charge in [-0.3, -0.25) is 4.79 Å². The first kappa shape index (κ1) is 17.9. The Hall–Kier alpha value is -1.11. The number of rotatable bonds is 10. The van der Waals surface area contributed by atoms with E-state index < -0.39 is 0 Å². The summed E-state index contributed by atoms with van der Waals surface area (Å²) in [5.74, 6) is 0.988. The number of halogens is 1. The van der Waals surface area contributed by atoms with Crippen LogP contribution in [0.1, 0.15) is 15.9 Å². The molecule has 0 amide bonds. The molecule has 0 heterocycles. The number of ketones is 1. The molecule has 0 unspecified atom stereocenters. The Balaban J connectivity index is 3.07. The quantitative estimate of drug-likeness (QED) is 0.364. The van der Waals surface area contributed by atoms with Crippen molar-refractivity contribution in [3.05, 3.63) is 23.3 Å². The lowest BCUT2D eigenvalue weighted by Crippen LogP contribution is -2.13. The van der Waals surface area contributed by atoms with E-state index >= 15 is 0 Å². The van der Waals surface area contributed by atoms with E-state index in [0.717, 1.165) is 5.56 Å². The van der Waals surface area contributed by atoms with Crippen molar-refractivity contribution < 1.29 is 23.7 Å². The van der Waals surface area contributed by atoms with Gasteiger partial charge >= 0.3 is 0 Å². The summed E-state index contributed by atoms with van der Waals surface area (Å²) in [6, 6.07) is 3.60. The van der Waals surface area contributed by atoms with E-state index in [1.165, 1.54) is 0 Å². The molecule has 1 aromatic rings. The van der Waals surface area contributed by atoms with Crippen LogP contribution in [0.5, 0.6) is 11.5 Å². The average molecular weight is 361 g/mol. The van der Waals surface area contributed by atoms with Crippen molar-refractivity contribution in [1.82, 2.24) is 0 Å². The molecule has 0 fully saturated rings. The molecule has 0 bridgehead atoms. The number of hydrogen-bond acceptors (Lipinski definition) is 5. The van der Waals surface area contributed by atoms with Crippen LogP contribution in [0.25, 0.3) is 0 Å². The monoisotopic (exact) mass is 360 g/mol. The van der Waals surface area contributed by atoms with Gasteiger partial charge in [0.1, 0.15) is 13.2 Å². The second-order valence-corrected chi connectivity index (χ2v) is 4.89. The summed E-state index contributed by atoms with van der Waals surface area (Å²) in [5, 5.41) is 0.230. The Morgan fingerprint density at radius 2 is 1.57 bits per heavy atom. The standard InChI is InChI=1S/C15H21BrO5/c1-11-4-5-12(13(17)10-16)15(21-9-7-19-3)14(11)20-8-6-18-2/h4-5H,6-10H2,1-3H3. The van der Waals surface area contributed by atoms with Crippen molar-refractivity contribution in [3.8, 4) is 11.5 Å². The summed E-state index contributed by atoms with van der Waals surface area (Å²) in [5.41, 5.74) is 1.41. The number of hydrogen-bond donors (Lipinski definition) is 0. The topological polar surface area (TPSA) is 54.0 Å². The Bertz CT molecular complexity index is 462. The molecular weight excluding hydrogens is 340 g/mol. The normalized spacial score (nSPS) is 10.5. The molecule has 6 heteroatoms. The molecule has 0 radical (unpaired) electrons. The number of aryl methyl sites for hydroxylation is 1. The maximum Gasteiger partial charge on any atom is 0.177 e. The lowest BCUT2D eigenvalue weighted by Gasteiger charge is -2.17. The minimum absolute atomic E-state index is 0.0565. The fourth-order valence-electron chi connectivity index (χ4n) is 1.73. The molecule has 5 nitrogen and oxygen atoms in total. The molecule has 0 aliphatic rings. The van der Waals surface area contributed by atoms with Gasteiger partial charge in [-0.05, 0) is 18.6 Å². The lowest BCUT2D eigenvalue weighted by atomic mass is 10.1. The summed E-state index contributed by atoms with van der Waals surface area (Å²) < 4.78 is 21.4. The van der Waals surface area contributed by atoms with E-state index in [0.29, 0.717) is 43.5 Å². The van der Waals surface area contributed by atoms with Gasteiger partial charge < -0.3 is 18.9 Å². The summed E-state index contributed by atoms with van der Waals surface area (Å²) in [7, 11) is 3.21. The molecule has 0 aliphatic carbocycles. The third-order valence-electron chi connectivity index (χ3n) is 2.80. The van der Waals surface area contributed by atoms with Crippen LogP contribution < -0.4 is 9.47 Å². The Kier molecular flexibility index (Phi) is 8.34. The minimum Gasteiger partial charge on any atom is -0.487 e. The van der Waals surface area contributed by atoms with Crippen molar-refractivity contribution >= 4 is 21.7 Å². The summed E-state index contributed by atoms with van der Waals surface area (Å²) in [6.07, 6.45) is 0. The van der Waals surface area contributed by atoms with Gasteiger partial charge in [0.25, 0.3) is 0 Å². The van der Waals surface area contributed by atoms with Crippen molar-refractivity contribution in [3.63, 3.8) is 0 Å². The Labute approximate surface area is 133 Å². The SMILES string of the molecule is COCCOc1c(C)ccc(C(=O)CBr)c1OCCOC. The van der Waals surface area contributed by atoms with E-state index in [9.17, 15) is 4.79 Å². The largest absolute Gasteiger partial charge is 0.487 e. The molecule has 0 N–H and O–H groups in total. The van der Waals surface area contributed by atoms with E-state index in [1.54, 1.807) is 20.3 Å². The van der Waals surface area contributed by atoms with Crippen LogP contribution in [0.15, 0.2) is 12.1 Å². The van der Waals surface area contributed by atoms with E-state index in [2.05, 4.69) is 15.9 Å². The predicted molar refractivity (Wildman–Crippen MR) is 84.0 cm³/mol. The lowest BCUT2D eigenvalue weighted by molar-refractivity contribution is 0.101. The zero-order valence-corrected chi connectivity index (χ0v) is 14.2. The molecule has 0 aliphatic heterocycles. The number of ether oxygens (including phenoxy) is 4. The highest BCUT2D eigenvalue weighted by Gasteiger charge is 2.19. The van der Waals surface area contributed by atoms with Crippen molar-refractivity contribution in [2.45, 2.75) is 6.92 Å². The molecule has 118 valence electrons. The van der Waals surface area contributed by atoms with Gasteiger partial charge in [-0.2, -0.15) is 0 Å². The summed E-state index contributed by atoms with van der Waals surface area (Å²) >= 11 is 3.18. The molecular formula is C15H21BrO5. The maximum atomic E-state index is 12.0. The Morgan fingerprint density at radius 1 is 1.00 bits per heavy atom. The van der Waals surface area contributed by atoms with Gasteiger partial charge in [-0.15, -0.1) is 0 Å².